The molecule has 0 unspecified atom stereocenters. The van der Waals surface area contributed by atoms with Gasteiger partial charge in [-0.2, -0.15) is 0 Å². The van der Waals surface area contributed by atoms with E-state index in [0.29, 0.717) is 24.2 Å². The molecular weight excluding hydrogens is 536 g/mol. The molecule has 1 saturated heterocycles. The molecule has 0 bridgehead atoms. The summed E-state index contributed by atoms with van der Waals surface area (Å²) in [6, 6.07) is 27.4. The zero-order chi connectivity index (χ0) is 29.7. The molecule has 1 aromatic heterocycles. The van der Waals surface area contributed by atoms with Crippen LogP contribution in [0.3, 0.4) is 0 Å². The number of hydrogen-bond acceptors (Lipinski definition) is 7. The van der Waals surface area contributed by atoms with Crippen molar-refractivity contribution in [2.24, 2.45) is 5.92 Å². The van der Waals surface area contributed by atoms with Gasteiger partial charge < -0.3 is 24.4 Å². The fourth-order valence-corrected chi connectivity index (χ4v) is 5.76. The number of hydrogen-bond donors (Lipinski definition) is 3. The lowest BCUT2D eigenvalue weighted by molar-refractivity contribution is -0.0949. The number of aliphatic hydroxyl groups excluding tert-OH is 2. The van der Waals surface area contributed by atoms with E-state index in [1.165, 1.54) is 10.8 Å². The highest BCUT2D eigenvalue weighted by Gasteiger charge is 2.47. The minimum Gasteiger partial charge on any atom is -0.497 e. The summed E-state index contributed by atoms with van der Waals surface area (Å²) in [5.74, 6) is 0.192. The largest absolute Gasteiger partial charge is 0.497 e. The lowest BCUT2D eigenvalue weighted by Gasteiger charge is -2.37. The zero-order valence-electron chi connectivity index (χ0n) is 23.7. The van der Waals surface area contributed by atoms with Gasteiger partial charge in [-0.1, -0.05) is 72.8 Å². The summed E-state index contributed by atoms with van der Waals surface area (Å²) in [7, 11) is 1.62. The summed E-state index contributed by atoms with van der Waals surface area (Å²) >= 11 is 0. The van der Waals surface area contributed by atoms with Crippen molar-refractivity contribution in [3.8, 4) is 5.75 Å². The molecule has 5 rings (SSSR count). The molecule has 0 amide bonds. The molecule has 1 aliphatic rings. The fraction of sp³-hybridized carbons (Fsp3) is 0.333. The van der Waals surface area contributed by atoms with Gasteiger partial charge in [0.2, 0.25) is 0 Å². The Kier molecular flexibility index (Phi) is 9.03. The Morgan fingerprint density at radius 3 is 2.10 bits per heavy atom. The highest BCUT2D eigenvalue weighted by atomic mass is 16.6. The second kappa shape index (κ2) is 12.9. The molecule has 0 saturated carbocycles. The van der Waals surface area contributed by atoms with Crippen LogP contribution in [0.1, 0.15) is 41.3 Å². The van der Waals surface area contributed by atoms with Crippen molar-refractivity contribution in [2.75, 3.05) is 20.3 Å². The molecule has 0 aliphatic carbocycles. The summed E-state index contributed by atoms with van der Waals surface area (Å²) in [6.45, 7) is 1.52. The Balaban J connectivity index is 1.55. The number of aliphatic hydroxyl groups is 2. The minimum atomic E-state index is -1.07. The van der Waals surface area contributed by atoms with Gasteiger partial charge in [0.15, 0.2) is 0 Å². The SMILES string of the molecule is COc1ccc(C(OC[C@H]2O[C@@H](n3cc(C)c(=O)[nH]c3=O)[C@H](CCCO)[C@@H]2O)(c2ccccc2)c2ccccc2)cc1. The van der Waals surface area contributed by atoms with Crippen molar-refractivity contribution in [3.05, 3.63) is 134 Å². The predicted molar refractivity (Wildman–Crippen MR) is 157 cm³/mol. The van der Waals surface area contributed by atoms with Crippen LogP contribution in [-0.4, -0.2) is 52.3 Å². The third-order valence-electron chi connectivity index (χ3n) is 7.94. The Morgan fingerprint density at radius 2 is 1.52 bits per heavy atom. The predicted octanol–water partition coefficient (Wildman–Crippen LogP) is 3.51. The van der Waals surface area contributed by atoms with Gasteiger partial charge in [-0.15, -0.1) is 0 Å². The van der Waals surface area contributed by atoms with Gasteiger partial charge in [-0.3, -0.25) is 14.3 Å². The molecule has 1 fully saturated rings. The van der Waals surface area contributed by atoms with E-state index in [4.69, 9.17) is 14.2 Å². The molecule has 3 aromatic carbocycles. The van der Waals surface area contributed by atoms with Crippen LogP contribution in [0.4, 0.5) is 0 Å². The molecule has 0 spiro atoms. The van der Waals surface area contributed by atoms with Crippen molar-refractivity contribution in [1.29, 1.82) is 0 Å². The number of ether oxygens (including phenoxy) is 3. The highest BCUT2D eigenvalue weighted by Crippen LogP contribution is 2.43. The first kappa shape index (κ1) is 29.5. The first-order valence-corrected chi connectivity index (χ1v) is 14.0. The maximum Gasteiger partial charge on any atom is 0.330 e. The lowest BCUT2D eigenvalue weighted by atomic mass is 9.80. The first-order chi connectivity index (χ1) is 20.4. The summed E-state index contributed by atoms with van der Waals surface area (Å²) in [4.78, 5) is 27.1. The van der Waals surface area contributed by atoms with Crippen molar-refractivity contribution in [2.45, 2.75) is 43.8 Å². The lowest BCUT2D eigenvalue weighted by Crippen LogP contribution is -2.38. The summed E-state index contributed by atoms with van der Waals surface area (Å²) in [5.41, 5.74) is 0.802. The van der Waals surface area contributed by atoms with Crippen LogP contribution in [0.5, 0.6) is 5.75 Å². The van der Waals surface area contributed by atoms with Gasteiger partial charge >= 0.3 is 5.69 Å². The van der Waals surface area contributed by atoms with Crippen LogP contribution in [0.15, 0.2) is 101 Å². The van der Waals surface area contributed by atoms with Crippen LogP contribution < -0.4 is 16.0 Å². The van der Waals surface area contributed by atoms with E-state index in [-0.39, 0.29) is 13.2 Å². The third kappa shape index (κ3) is 5.69. The molecule has 0 radical (unpaired) electrons. The molecule has 2 heterocycles. The molecule has 220 valence electrons. The number of rotatable bonds is 11. The maximum absolute atomic E-state index is 12.8. The average Bonchev–Trinajstić information content (AvgIpc) is 3.33. The van der Waals surface area contributed by atoms with Crippen LogP contribution >= 0.6 is 0 Å². The van der Waals surface area contributed by atoms with Crippen molar-refractivity contribution in [3.63, 3.8) is 0 Å². The fourth-order valence-electron chi connectivity index (χ4n) is 5.76. The highest BCUT2D eigenvalue weighted by molar-refractivity contribution is 5.48. The van der Waals surface area contributed by atoms with Crippen LogP contribution in [0.25, 0.3) is 0 Å². The van der Waals surface area contributed by atoms with Gasteiger partial charge in [-0.25, -0.2) is 4.79 Å². The molecule has 9 heteroatoms. The van der Waals surface area contributed by atoms with Crippen LogP contribution in [0.2, 0.25) is 0 Å². The maximum atomic E-state index is 12.8. The van der Waals surface area contributed by atoms with Gasteiger partial charge in [0, 0.05) is 24.3 Å². The van der Waals surface area contributed by atoms with Crippen molar-refractivity contribution >= 4 is 0 Å². The van der Waals surface area contributed by atoms with Crippen molar-refractivity contribution in [1.82, 2.24) is 9.55 Å². The van der Waals surface area contributed by atoms with E-state index in [0.717, 1.165) is 16.7 Å². The van der Waals surface area contributed by atoms with E-state index < -0.39 is 41.2 Å². The average molecular weight is 573 g/mol. The number of nitrogens with zero attached hydrogens (tertiary/aromatic N) is 1. The Labute approximate surface area is 244 Å². The number of aromatic amines is 1. The van der Waals surface area contributed by atoms with Gasteiger partial charge in [0.25, 0.3) is 5.56 Å². The van der Waals surface area contributed by atoms with E-state index >= 15 is 0 Å². The molecule has 42 heavy (non-hydrogen) atoms. The molecule has 4 aromatic rings. The first-order valence-electron chi connectivity index (χ1n) is 14.0. The number of aryl methyl sites for hydroxylation is 1. The number of aromatic nitrogens is 2. The normalized spacial score (nSPS) is 20.5. The van der Waals surface area contributed by atoms with Crippen molar-refractivity contribution < 1.29 is 24.4 Å². The molecule has 3 N–H and O–H groups in total. The molecule has 1 aliphatic heterocycles. The molecule has 4 atom stereocenters. The van der Waals surface area contributed by atoms with E-state index in [1.807, 2.05) is 84.9 Å². The zero-order valence-corrected chi connectivity index (χ0v) is 23.7. The number of nitrogens with one attached hydrogen (secondary N) is 1. The smallest absolute Gasteiger partial charge is 0.330 e. The monoisotopic (exact) mass is 572 g/mol. The van der Waals surface area contributed by atoms with Crippen LogP contribution in [0, 0.1) is 12.8 Å². The number of H-pyrrole nitrogens is 1. The van der Waals surface area contributed by atoms with Gasteiger partial charge in [0.1, 0.15) is 23.7 Å². The summed E-state index contributed by atoms with van der Waals surface area (Å²) in [5, 5.41) is 21.0. The molecule has 9 nitrogen and oxygen atoms in total. The number of benzene rings is 3. The van der Waals surface area contributed by atoms with E-state index in [9.17, 15) is 19.8 Å². The third-order valence-corrected chi connectivity index (χ3v) is 7.94. The Hall–Kier alpha value is -4.02. The second-order valence-electron chi connectivity index (χ2n) is 10.5. The van der Waals surface area contributed by atoms with E-state index in [1.54, 1.807) is 14.0 Å². The molecular formula is C33H36N2O7. The van der Waals surface area contributed by atoms with Gasteiger partial charge in [-0.05, 0) is 48.6 Å². The van der Waals surface area contributed by atoms with Crippen LogP contribution in [-0.2, 0) is 15.1 Å². The van der Waals surface area contributed by atoms with Gasteiger partial charge in [0.05, 0.1) is 19.8 Å². The minimum absolute atomic E-state index is 0.0137. The van der Waals surface area contributed by atoms with E-state index in [2.05, 4.69) is 4.98 Å². The summed E-state index contributed by atoms with van der Waals surface area (Å²) < 4.78 is 20.0. The second-order valence-corrected chi connectivity index (χ2v) is 10.5. The topological polar surface area (TPSA) is 123 Å². The Morgan fingerprint density at radius 1 is 0.929 bits per heavy atom. The summed E-state index contributed by atoms with van der Waals surface area (Å²) in [6.07, 6.45) is -0.389. The Bertz CT molecular complexity index is 1530. The standard InChI is InChI=1S/C33H36N2O7/c1-22-20-35(32(39)34-30(22)38)31-27(14-9-19-36)29(37)28(42-31)21-41-33(23-10-5-3-6-11-23,24-12-7-4-8-13-24)25-15-17-26(40-2)18-16-25/h3-8,10-13,15-18,20,27-29,31,36-37H,9,14,19,21H2,1-2H3,(H,34,38,39)/t27-,28-,29+,31-/m1/s1. The number of methoxy groups -OCH3 is 1. The quantitative estimate of drug-likeness (QED) is 0.235.